The van der Waals surface area contributed by atoms with Crippen LogP contribution in [-0.2, 0) is 5.41 Å². The molecule has 9 aromatic rings. The Labute approximate surface area is 290 Å². The van der Waals surface area contributed by atoms with E-state index in [1.807, 2.05) is 11.3 Å². The third-order valence-corrected chi connectivity index (χ3v) is 11.9. The molecular weight excluding hydrogens is 611 g/mol. The number of para-hydroxylation sites is 1. The van der Waals surface area contributed by atoms with E-state index < -0.39 is 0 Å². The molecule has 2 heteroatoms. The Kier molecular flexibility index (Phi) is 6.16. The first kappa shape index (κ1) is 28.3. The van der Waals surface area contributed by atoms with Gasteiger partial charge in [-0.15, -0.1) is 11.3 Å². The lowest BCUT2D eigenvalue weighted by atomic mass is 9.82. The maximum atomic E-state index is 2.53. The molecule has 0 saturated heterocycles. The molecule has 1 aliphatic carbocycles. The van der Waals surface area contributed by atoms with Gasteiger partial charge in [-0.3, -0.25) is 0 Å². The van der Waals surface area contributed by atoms with Crippen molar-refractivity contribution in [2.24, 2.45) is 0 Å². The second-order valence-electron chi connectivity index (χ2n) is 13.7. The average molecular weight is 644 g/mol. The summed E-state index contributed by atoms with van der Waals surface area (Å²) in [7, 11) is 0. The standard InChI is InChI=1S/C47H33NS/c1-47(2)40-21-9-7-19-38(40)45-41(47)22-12-24-43(45)48(42-23-10-8-18-36(42)35-20-11-15-30-13-3-5-16-33(30)35)32-26-28-44-39(29-32)37-27-25-31-14-4-6-17-34(31)46(37)49-44/h3-29H,1-2H3. The van der Waals surface area contributed by atoms with Gasteiger partial charge in [0.15, 0.2) is 0 Å². The molecule has 0 fully saturated rings. The van der Waals surface area contributed by atoms with E-state index in [4.69, 9.17) is 0 Å². The van der Waals surface area contributed by atoms with Crippen LogP contribution in [0.25, 0.3) is 64.0 Å². The SMILES string of the molecule is CC1(C)c2ccccc2-c2c(N(c3ccc4sc5c6ccccc6ccc5c4c3)c3ccccc3-c3cccc4ccccc34)cccc21. The summed E-state index contributed by atoms with van der Waals surface area (Å²) in [4.78, 5) is 2.53. The summed E-state index contributed by atoms with van der Waals surface area (Å²) in [6.45, 7) is 4.73. The summed E-state index contributed by atoms with van der Waals surface area (Å²) in [6, 6.07) is 60.6. The number of thiophene rings is 1. The monoisotopic (exact) mass is 643 g/mol. The number of anilines is 3. The molecule has 1 nitrogen and oxygen atoms in total. The van der Waals surface area contributed by atoms with Gasteiger partial charge in [-0.05, 0) is 74.1 Å². The lowest BCUT2D eigenvalue weighted by molar-refractivity contribution is 0.660. The van der Waals surface area contributed by atoms with Crippen molar-refractivity contribution in [3.05, 3.63) is 175 Å². The lowest BCUT2D eigenvalue weighted by Crippen LogP contribution is -2.16. The van der Waals surface area contributed by atoms with Crippen LogP contribution in [0.4, 0.5) is 17.1 Å². The van der Waals surface area contributed by atoms with Crippen LogP contribution in [0.2, 0.25) is 0 Å². The number of hydrogen-bond acceptors (Lipinski definition) is 2. The van der Waals surface area contributed by atoms with Gasteiger partial charge in [0, 0.05) is 42.4 Å². The van der Waals surface area contributed by atoms with Crippen molar-refractivity contribution in [1.82, 2.24) is 0 Å². The molecule has 0 N–H and O–H groups in total. The highest BCUT2D eigenvalue weighted by Gasteiger charge is 2.38. The van der Waals surface area contributed by atoms with E-state index >= 15 is 0 Å². The molecule has 49 heavy (non-hydrogen) atoms. The fourth-order valence-electron chi connectivity index (χ4n) is 8.32. The van der Waals surface area contributed by atoms with Gasteiger partial charge in [0.25, 0.3) is 0 Å². The second kappa shape index (κ2) is 10.7. The van der Waals surface area contributed by atoms with E-state index in [1.165, 1.54) is 86.5 Å². The minimum Gasteiger partial charge on any atom is -0.309 e. The Morgan fingerprint density at radius 2 is 1.08 bits per heavy atom. The van der Waals surface area contributed by atoms with Gasteiger partial charge in [-0.25, -0.2) is 0 Å². The van der Waals surface area contributed by atoms with E-state index in [1.54, 1.807) is 0 Å². The van der Waals surface area contributed by atoms with Crippen LogP contribution in [0.5, 0.6) is 0 Å². The molecule has 8 aromatic carbocycles. The van der Waals surface area contributed by atoms with Gasteiger partial charge in [0.1, 0.15) is 0 Å². The van der Waals surface area contributed by atoms with E-state index in [-0.39, 0.29) is 5.41 Å². The largest absolute Gasteiger partial charge is 0.309 e. The summed E-state index contributed by atoms with van der Waals surface area (Å²) in [5.41, 5.74) is 11.3. The highest BCUT2D eigenvalue weighted by molar-refractivity contribution is 7.26. The molecule has 0 radical (unpaired) electrons. The molecule has 232 valence electrons. The third-order valence-electron chi connectivity index (χ3n) is 10.7. The normalized spacial score (nSPS) is 13.3. The number of rotatable bonds is 4. The molecule has 0 bridgehead atoms. The van der Waals surface area contributed by atoms with E-state index in [0.29, 0.717) is 0 Å². The van der Waals surface area contributed by atoms with Gasteiger partial charge in [-0.2, -0.15) is 0 Å². The Morgan fingerprint density at radius 1 is 0.449 bits per heavy atom. The zero-order chi connectivity index (χ0) is 32.7. The van der Waals surface area contributed by atoms with Crippen molar-refractivity contribution in [3.8, 4) is 22.3 Å². The van der Waals surface area contributed by atoms with Crippen LogP contribution in [0.1, 0.15) is 25.0 Å². The molecule has 0 spiro atoms. The van der Waals surface area contributed by atoms with Gasteiger partial charge in [0.2, 0.25) is 0 Å². The van der Waals surface area contributed by atoms with Gasteiger partial charge < -0.3 is 4.90 Å². The molecule has 0 atom stereocenters. The highest BCUT2D eigenvalue weighted by Crippen LogP contribution is 2.55. The molecule has 10 rings (SSSR count). The smallest absolute Gasteiger partial charge is 0.0543 e. The Hall–Kier alpha value is -5.70. The first-order valence-electron chi connectivity index (χ1n) is 17.0. The summed E-state index contributed by atoms with van der Waals surface area (Å²) in [5.74, 6) is 0. The fraction of sp³-hybridized carbons (Fsp3) is 0.0638. The topological polar surface area (TPSA) is 3.24 Å². The molecule has 0 aliphatic heterocycles. The molecule has 0 unspecified atom stereocenters. The molecule has 0 amide bonds. The van der Waals surface area contributed by atoms with Crippen LogP contribution in [0.15, 0.2) is 164 Å². The van der Waals surface area contributed by atoms with Crippen molar-refractivity contribution in [2.45, 2.75) is 19.3 Å². The summed E-state index contributed by atoms with van der Waals surface area (Å²) >= 11 is 1.90. The predicted molar refractivity (Wildman–Crippen MR) is 212 cm³/mol. The van der Waals surface area contributed by atoms with Crippen LogP contribution in [-0.4, -0.2) is 0 Å². The fourth-order valence-corrected chi connectivity index (χ4v) is 9.54. The lowest BCUT2D eigenvalue weighted by Gasteiger charge is -2.31. The molecule has 1 heterocycles. The average Bonchev–Trinajstić information content (AvgIpc) is 3.64. The van der Waals surface area contributed by atoms with Crippen molar-refractivity contribution in [1.29, 1.82) is 0 Å². The minimum atomic E-state index is -0.0999. The first-order chi connectivity index (χ1) is 24.1. The number of hydrogen-bond donors (Lipinski definition) is 0. The van der Waals surface area contributed by atoms with Gasteiger partial charge >= 0.3 is 0 Å². The van der Waals surface area contributed by atoms with Crippen LogP contribution in [0, 0.1) is 0 Å². The zero-order valence-corrected chi connectivity index (χ0v) is 28.3. The number of benzene rings is 8. The van der Waals surface area contributed by atoms with Crippen molar-refractivity contribution in [3.63, 3.8) is 0 Å². The van der Waals surface area contributed by atoms with E-state index in [9.17, 15) is 0 Å². The Bertz CT molecular complexity index is 2760. The minimum absolute atomic E-state index is 0.0999. The second-order valence-corrected chi connectivity index (χ2v) is 14.7. The first-order valence-corrected chi connectivity index (χ1v) is 17.8. The maximum Gasteiger partial charge on any atom is 0.0543 e. The van der Waals surface area contributed by atoms with Crippen molar-refractivity contribution in [2.75, 3.05) is 4.90 Å². The summed E-state index contributed by atoms with van der Waals surface area (Å²) in [5, 5.41) is 7.72. The van der Waals surface area contributed by atoms with Crippen LogP contribution in [0.3, 0.4) is 0 Å². The van der Waals surface area contributed by atoms with Crippen LogP contribution < -0.4 is 4.90 Å². The van der Waals surface area contributed by atoms with Crippen molar-refractivity contribution < 1.29 is 0 Å². The summed E-state index contributed by atoms with van der Waals surface area (Å²) in [6.07, 6.45) is 0. The maximum absolute atomic E-state index is 2.53. The quantitative estimate of drug-likeness (QED) is 0.184. The van der Waals surface area contributed by atoms with Gasteiger partial charge in [0.05, 0.1) is 11.4 Å². The predicted octanol–water partition coefficient (Wildman–Crippen LogP) is 13.8. The van der Waals surface area contributed by atoms with Crippen molar-refractivity contribution >= 4 is 70.1 Å². The summed E-state index contributed by atoms with van der Waals surface area (Å²) < 4.78 is 2.66. The Balaban J connectivity index is 1.29. The molecule has 1 aromatic heterocycles. The zero-order valence-electron chi connectivity index (χ0n) is 27.4. The molecule has 0 saturated carbocycles. The molecular formula is C47H33NS. The third kappa shape index (κ3) is 4.17. The number of nitrogens with zero attached hydrogens (tertiary/aromatic N) is 1. The van der Waals surface area contributed by atoms with E-state index in [2.05, 4.69) is 183 Å². The van der Waals surface area contributed by atoms with E-state index in [0.717, 1.165) is 5.69 Å². The van der Waals surface area contributed by atoms with Gasteiger partial charge in [-0.1, -0.05) is 147 Å². The highest BCUT2D eigenvalue weighted by atomic mass is 32.1. The van der Waals surface area contributed by atoms with Crippen LogP contribution >= 0.6 is 11.3 Å². The number of fused-ring (bicyclic) bond motifs is 9. The Morgan fingerprint density at radius 3 is 1.96 bits per heavy atom. The molecule has 1 aliphatic rings.